The lowest BCUT2D eigenvalue weighted by molar-refractivity contribution is 0.0829. The number of fused-ring (bicyclic) bond motifs is 1. The molecule has 3 rings (SSSR count). The molecular weight excluding hydrogens is 302 g/mol. The maximum atomic E-state index is 12.2. The Morgan fingerprint density at radius 3 is 2.58 bits per heavy atom. The van der Waals surface area contributed by atoms with Gasteiger partial charge in [0.25, 0.3) is 5.91 Å². The summed E-state index contributed by atoms with van der Waals surface area (Å²) in [7, 11) is 3.43. The second kappa shape index (κ2) is 6.66. The molecule has 24 heavy (non-hydrogen) atoms. The van der Waals surface area contributed by atoms with Gasteiger partial charge in [-0.3, -0.25) is 9.59 Å². The molecule has 0 radical (unpaired) electrons. The van der Waals surface area contributed by atoms with Gasteiger partial charge in [0.1, 0.15) is 0 Å². The lowest BCUT2D eigenvalue weighted by atomic mass is 10.0. The molecule has 1 aromatic carbocycles. The van der Waals surface area contributed by atoms with Crippen molar-refractivity contribution in [3.05, 3.63) is 71.5 Å². The molecule has 0 spiro atoms. The van der Waals surface area contributed by atoms with E-state index in [2.05, 4.69) is 5.10 Å². The zero-order valence-corrected chi connectivity index (χ0v) is 13.8. The highest BCUT2D eigenvalue weighted by Crippen LogP contribution is 2.16. The standard InChI is InChI=1S/C19H19N3O2/c1-21(2)19(24)16-13-20-22-11-10-14(12-17(16)22)8-9-18(23)15-6-4-3-5-7-15/h3-7,10-13H,8-9H2,1-2H3. The van der Waals surface area contributed by atoms with Crippen molar-refractivity contribution in [3.63, 3.8) is 0 Å². The number of nitrogens with zero attached hydrogens (tertiary/aromatic N) is 3. The smallest absolute Gasteiger partial charge is 0.257 e. The number of hydrogen-bond donors (Lipinski definition) is 0. The number of carbonyl (C=O) groups excluding carboxylic acids is 2. The zero-order valence-electron chi connectivity index (χ0n) is 13.8. The minimum Gasteiger partial charge on any atom is -0.345 e. The molecule has 0 N–H and O–H groups in total. The maximum absolute atomic E-state index is 12.2. The lowest BCUT2D eigenvalue weighted by Gasteiger charge is -2.09. The highest BCUT2D eigenvalue weighted by molar-refractivity contribution is 6.00. The summed E-state index contributed by atoms with van der Waals surface area (Å²) >= 11 is 0. The first kappa shape index (κ1) is 15.9. The van der Waals surface area contributed by atoms with Crippen molar-refractivity contribution in [2.75, 3.05) is 14.1 Å². The van der Waals surface area contributed by atoms with E-state index in [1.807, 2.05) is 48.7 Å². The summed E-state index contributed by atoms with van der Waals surface area (Å²) < 4.78 is 1.68. The summed E-state index contributed by atoms with van der Waals surface area (Å²) in [5.41, 5.74) is 3.07. The van der Waals surface area contributed by atoms with Gasteiger partial charge in [-0.15, -0.1) is 0 Å². The van der Waals surface area contributed by atoms with E-state index in [4.69, 9.17) is 0 Å². The summed E-state index contributed by atoms with van der Waals surface area (Å²) in [5.74, 6) is 0.0380. The topological polar surface area (TPSA) is 54.7 Å². The van der Waals surface area contributed by atoms with Gasteiger partial charge in [-0.05, 0) is 24.1 Å². The van der Waals surface area contributed by atoms with E-state index in [0.29, 0.717) is 18.4 Å². The summed E-state index contributed by atoms with van der Waals surface area (Å²) in [5, 5.41) is 4.21. The van der Waals surface area contributed by atoms with E-state index in [9.17, 15) is 9.59 Å². The Labute approximate surface area is 140 Å². The molecule has 0 saturated carbocycles. The lowest BCUT2D eigenvalue weighted by Crippen LogP contribution is -2.21. The minimum atomic E-state index is -0.0810. The Kier molecular flexibility index (Phi) is 4.42. The van der Waals surface area contributed by atoms with Crippen LogP contribution in [0.4, 0.5) is 0 Å². The first-order valence-corrected chi connectivity index (χ1v) is 7.82. The van der Waals surface area contributed by atoms with Gasteiger partial charge in [-0.2, -0.15) is 5.10 Å². The van der Waals surface area contributed by atoms with Gasteiger partial charge >= 0.3 is 0 Å². The molecule has 1 amide bonds. The van der Waals surface area contributed by atoms with Crippen LogP contribution in [-0.4, -0.2) is 40.3 Å². The van der Waals surface area contributed by atoms with Crippen LogP contribution in [0.1, 0.15) is 32.7 Å². The molecule has 0 fully saturated rings. The van der Waals surface area contributed by atoms with Gasteiger partial charge in [0.2, 0.25) is 0 Å². The van der Waals surface area contributed by atoms with E-state index in [1.54, 1.807) is 24.8 Å². The van der Waals surface area contributed by atoms with Crippen LogP contribution in [-0.2, 0) is 6.42 Å². The predicted octanol–water partition coefficient (Wildman–Crippen LogP) is 2.85. The summed E-state index contributed by atoms with van der Waals surface area (Å²) in [4.78, 5) is 25.9. The van der Waals surface area contributed by atoms with E-state index in [-0.39, 0.29) is 11.7 Å². The first-order valence-electron chi connectivity index (χ1n) is 7.82. The fourth-order valence-corrected chi connectivity index (χ4v) is 2.61. The number of ketones is 1. The van der Waals surface area contributed by atoms with Crippen LogP contribution in [0.2, 0.25) is 0 Å². The van der Waals surface area contributed by atoms with Crippen LogP contribution in [0.25, 0.3) is 5.52 Å². The molecule has 5 heteroatoms. The molecule has 0 saturated heterocycles. The van der Waals surface area contributed by atoms with Gasteiger partial charge in [0, 0.05) is 32.3 Å². The van der Waals surface area contributed by atoms with Gasteiger partial charge < -0.3 is 4.90 Å². The van der Waals surface area contributed by atoms with Crippen molar-refractivity contribution < 1.29 is 9.59 Å². The number of pyridine rings is 1. The van der Waals surface area contributed by atoms with E-state index >= 15 is 0 Å². The fraction of sp³-hybridized carbons (Fsp3) is 0.211. The number of benzene rings is 1. The second-order valence-electron chi connectivity index (χ2n) is 5.91. The summed E-state index contributed by atoms with van der Waals surface area (Å²) in [6.45, 7) is 0. The number of hydrogen-bond acceptors (Lipinski definition) is 3. The minimum absolute atomic E-state index is 0.0810. The first-order chi connectivity index (χ1) is 11.6. The van der Waals surface area contributed by atoms with Crippen LogP contribution in [0.3, 0.4) is 0 Å². The molecular formula is C19H19N3O2. The Morgan fingerprint density at radius 1 is 1.12 bits per heavy atom. The van der Waals surface area contributed by atoms with E-state index in [0.717, 1.165) is 16.6 Å². The van der Waals surface area contributed by atoms with E-state index in [1.165, 1.54) is 4.90 Å². The highest BCUT2D eigenvalue weighted by Gasteiger charge is 2.15. The number of Topliss-reactive ketones (excluding diaryl/α,β-unsaturated/α-hetero) is 1. The third kappa shape index (κ3) is 3.20. The Hall–Kier alpha value is -2.95. The summed E-state index contributed by atoms with van der Waals surface area (Å²) in [6, 6.07) is 13.2. The quantitative estimate of drug-likeness (QED) is 0.679. The monoisotopic (exact) mass is 321 g/mol. The van der Waals surface area contributed by atoms with Crippen molar-refractivity contribution in [1.29, 1.82) is 0 Å². The SMILES string of the molecule is CN(C)C(=O)c1cnn2ccc(CCC(=O)c3ccccc3)cc12. The van der Waals surface area contributed by atoms with E-state index < -0.39 is 0 Å². The molecule has 0 aliphatic carbocycles. The molecule has 2 heterocycles. The Balaban J connectivity index is 1.79. The van der Waals surface area contributed by atoms with Crippen LogP contribution in [0, 0.1) is 0 Å². The molecule has 0 aliphatic rings. The number of amides is 1. The third-order valence-corrected chi connectivity index (χ3v) is 3.96. The number of carbonyl (C=O) groups is 2. The summed E-state index contributed by atoms with van der Waals surface area (Å²) in [6.07, 6.45) is 4.47. The van der Waals surface area contributed by atoms with Gasteiger partial charge in [0.15, 0.2) is 5.78 Å². The highest BCUT2D eigenvalue weighted by atomic mass is 16.2. The molecule has 5 nitrogen and oxygen atoms in total. The predicted molar refractivity (Wildman–Crippen MR) is 92.3 cm³/mol. The molecule has 2 aromatic heterocycles. The fourth-order valence-electron chi connectivity index (χ4n) is 2.61. The number of rotatable bonds is 5. The van der Waals surface area contributed by atoms with Crippen molar-refractivity contribution in [3.8, 4) is 0 Å². The van der Waals surface area contributed by atoms with Crippen LogP contribution in [0.5, 0.6) is 0 Å². The van der Waals surface area contributed by atoms with Crippen molar-refractivity contribution in [2.24, 2.45) is 0 Å². The molecule has 0 aliphatic heterocycles. The van der Waals surface area contributed by atoms with Gasteiger partial charge in [0.05, 0.1) is 17.3 Å². The average molecular weight is 321 g/mol. The van der Waals surface area contributed by atoms with Crippen LogP contribution in [0.15, 0.2) is 54.9 Å². The molecule has 3 aromatic rings. The van der Waals surface area contributed by atoms with Crippen molar-refractivity contribution in [2.45, 2.75) is 12.8 Å². The van der Waals surface area contributed by atoms with Crippen molar-refractivity contribution >= 4 is 17.2 Å². The van der Waals surface area contributed by atoms with Crippen LogP contribution < -0.4 is 0 Å². The molecule has 122 valence electrons. The number of aryl methyl sites for hydroxylation is 1. The normalized spacial score (nSPS) is 10.8. The molecule has 0 bridgehead atoms. The maximum Gasteiger partial charge on any atom is 0.257 e. The second-order valence-corrected chi connectivity index (χ2v) is 5.91. The number of aromatic nitrogens is 2. The molecule has 0 unspecified atom stereocenters. The molecule has 0 atom stereocenters. The zero-order chi connectivity index (χ0) is 17.1. The largest absolute Gasteiger partial charge is 0.345 e. The third-order valence-electron chi connectivity index (χ3n) is 3.96. The Bertz CT molecular complexity index is 882. The van der Waals surface area contributed by atoms with Gasteiger partial charge in [-0.25, -0.2) is 4.52 Å². The van der Waals surface area contributed by atoms with Crippen LogP contribution >= 0.6 is 0 Å². The average Bonchev–Trinajstić information content (AvgIpc) is 3.02. The van der Waals surface area contributed by atoms with Gasteiger partial charge in [-0.1, -0.05) is 30.3 Å². The van der Waals surface area contributed by atoms with Crippen molar-refractivity contribution in [1.82, 2.24) is 14.5 Å². The Morgan fingerprint density at radius 2 is 1.88 bits per heavy atom.